The van der Waals surface area contributed by atoms with E-state index >= 15 is 0 Å². The predicted octanol–water partition coefficient (Wildman–Crippen LogP) is 2.97. The van der Waals surface area contributed by atoms with Gasteiger partial charge in [0.15, 0.2) is 7.81 Å². The molecule has 25 heavy (non-hydrogen) atoms. The van der Waals surface area contributed by atoms with Crippen molar-refractivity contribution in [2.24, 2.45) is 0 Å². The first kappa shape index (κ1) is 9.08. The van der Waals surface area contributed by atoms with E-state index in [0.717, 1.165) is 19.4 Å². The number of aromatic nitrogens is 1. The van der Waals surface area contributed by atoms with E-state index in [-0.39, 0.29) is 0 Å². The lowest BCUT2D eigenvalue weighted by Crippen LogP contribution is -2.47. The van der Waals surface area contributed by atoms with Gasteiger partial charge in [0, 0.05) is 36.6 Å². The number of benzene rings is 1. The minimum absolute atomic E-state index is 0.330. The second-order valence-electron chi connectivity index (χ2n) is 5.66. The number of carbonyl (C=O) groups is 1. The van der Waals surface area contributed by atoms with Crippen molar-refractivity contribution >= 4 is 11.6 Å². The molecule has 0 saturated carbocycles. The maximum atomic E-state index is 13.2. The lowest BCUT2D eigenvalue weighted by Gasteiger charge is -2.38. The van der Waals surface area contributed by atoms with Crippen molar-refractivity contribution in [1.29, 1.82) is 0 Å². The summed E-state index contributed by atoms with van der Waals surface area (Å²) in [5.41, 5.74) is 1.20. The van der Waals surface area contributed by atoms with Crippen molar-refractivity contribution in [3.8, 4) is 11.3 Å². The zero-order valence-corrected chi connectivity index (χ0v) is 13.7. The fraction of sp³-hybridized carbons (Fsp3) is 0.368. The SMILES string of the molecule is [2H]C1C(C(=O)Nc2ccc(-c3cocn3)cc2)=C2N([2H])C([2H])(C)C([2H])([2H])C([2H])(C)N2C1([2H])[2H]. The second-order valence-corrected chi connectivity index (χ2v) is 5.66. The number of anilines is 1. The summed E-state index contributed by atoms with van der Waals surface area (Å²) < 4.78 is 72.2. The molecule has 0 aliphatic carbocycles. The third-order valence-corrected chi connectivity index (χ3v) is 3.88. The quantitative estimate of drug-likeness (QED) is 0.894. The van der Waals surface area contributed by atoms with Gasteiger partial charge in [-0.15, -0.1) is 0 Å². The van der Waals surface area contributed by atoms with Gasteiger partial charge in [0.2, 0.25) is 0 Å². The molecule has 2 aromatic rings. The van der Waals surface area contributed by atoms with Gasteiger partial charge in [-0.3, -0.25) is 4.79 Å². The van der Waals surface area contributed by atoms with Gasteiger partial charge in [0.1, 0.15) is 17.8 Å². The molecule has 2 aliphatic rings. The summed E-state index contributed by atoms with van der Waals surface area (Å²) >= 11 is 0. The highest BCUT2D eigenvalue weighted by atomic mass is 16.3. The van der Waals surface area contributed by atoms with Crippen LogP contribution in [0.15, 0.2) is 52.7 Å². The number of rotatable bonds is 3. The van der Waals surface area contributed by atoms with Crippen molar-refractivity contribution in [3.05, 3.63) is 48.3 Å². The zero-order chi connectivity index (χ0) is 24.6. The maximum Gasteiger partial charge on any atom is 0.255 e. The molecule has 130 valence electrons. The van der Waals surface area contributed by atoms with Gasteiger partial charge in [0.25, 0.3) is 5.91 Å². The van der Waals surface area contributed by atoms with Crippen LogP contribution in [0.4, 0.5) is 5.69 Å². The molecule has 1 saturated heterocycles. The number of oxazole rings is 1. The highest BCUT2D eigenvalue weighted by Crippen LogP contribution is 2.30. The number of nitrogens with one attached hydrogen (secondary N) is 2. The zero-order valence-electron chi connectivity index (χ0n) is 21.7. The minimum atomic E-state index is -2.71. The van der Waals surface area contributed by atoms with Crippen LogP contribution in [0.5, 0.6) is 0 Å². The first-order valence-corrected chi connectivity index (χ1v) is 7.71. The van der Waals surface area contributed by atoms with Crippen LogP contribution in [-0.4, -0.2) is 34.3 Å². The Morgan fingerprint density at radius 1 is 1.48 bits per heavy atom. The fourth-order valence-corrected chi connectivity index (χ4v) is 2.69. The van der Waals surface area contributed by atoms with E-state index in [1.807, 2.05) is 0 Å². The average Bonchev–Trinajstić information content (AvgIpc) is 3.32. The lowest BCUT2D eigenvalue weighted by molar-refractivity contribution is -0.113. The topological polar surface area (TPSA) is 70.4 Å². The lowest BCUT2D eigenvalue weighted by atomic mass is 10.1. The van der Waals surface area contributed by atoms with Crippen LogP contribution in [0.3, 0.4) is 0 Å². The second kappa shape index (κ2) is 6.27. The van der Waals surface area contributed by atoms with E-state index in [1.54, 1.807) is 24.3 Å². The van der Waals surface area contributed by atoms with E-state index in [4.69, 9.17) is 15.4 Å². The van der Waals surface area contributed by atoms with E-state index in [9.17, 15) is 4.79 Å². The Kier molecular flexibility index (Phi) is 2.28. The smallest absolute Gasteiger partial charge is 0.255 e. The monoisotopic (exact) mass is 346 g/mol. The molecule has 6 nitrogen and oxygen atoms in total. The van der Waals surface area contributed by atoms with Gasteiger partial charge in [0.05, 0.1) is 8.31 Å². The summed E-state index contributed by atoms with van der Waals surface area (Å²) in [6, 6.07) is 1.80. The molecule has 1 aromatic heterocycles. The largest absolute Gasteiger partial charge is 0.451 e. The molecule has 1 fully saturated rings. The summed E-state index contributed by atoms with van der Waals surface area (Å²) in [4.78, 5) is 17.8. The highest BCUT2D eigenvalue weighted by Gasteiger charge is 2.34. The molecule has 3 atom stereocenters. The van der Waals surface area contributed by atoms with Gasteiger partial charge in [-0.1, -0.05) is 12.1 Å². The third kappa shape index (κ3) is 2.99. The molecule has 2 aliphatic heterocycles. The van der Waals surface area contributed by atoms with Crippen LogP contribution < -0.4 is 10.6 Å². The molecular weight excluding hydrogens is 316 g/mol. The molecule has 1 amide bonds. The Balaban J connectivity index is 1.74. The number of nitrogens with zero attached hydrogens (tertiary/aromatic N) is 2. The van der Waals surface area contributed by atoms with Crippen LogP contribution in [0.1, 0.15) is 36.2 Å². The summed E-state index contributed by atoms with van der Waals surface area (Å²) in [6.07, 6.45) is -1.81. The van der Waals surface area contributed by atoms with Crippen molar-refractivity contribution in [2.75, 3.05) is 11.8 Å². The van der Waals surface area contributed by atoms with Gasteiger partial charge in [-0.05, 0) is 38.8 Å². The molecule has 3 heterocycles. The first-order chi connectivity index (χ1) is 15.2. The van der Waals surface area contributed by atoms with E-state index in [1.165, 1.54) is 12.7 Å². The molecular formula is C19H22N4O2. The van der Waals surface area contributed by atoms with Gasteiger partial charge in [-0.2, -0.15) is 0 Å². The molecule has 0 spiro atoms. The van der Waals surface area contributed by atoms with Crippen molar-refractivity contribution in [3.63, 3.8) is 0 Å². The van der Waals surface area contributed by atoms with E-state index in [0.29, 0.717) is 21.6 Å². The molecule has 0 bridgehead atoms. The molecule has 6 heteroatoms. The van der Waals surface area contributed by atoms with Crippen molar-refractivity contribution in [1.82, 2.24) is 15.2 Å². The number of amides is 1. The van der Waals surface area contributed by atoms with Crippen molar-refractivity contribution < 1.29 is 20.2 Å². The molecule has 1 aromatic carbocycles. The van der Waals surface area contributed by atoms with Gasteiger partial charge in [-0.25, -0.2) is 4.98 Å². The molecule has 0 radical (unpaired) electrons. The normalized spacial score (nSPS) is 40.5. The van der Waals surface area contributed by atoms with Crippen LogP contribution in [0.25, 0.3) is 11.3 Å². The molecule has 4 rings (SSSR count). The highest BCUT2D eigenvalue weighted by molar-refractivity contribution is 6.04. The van der Waals surface area contributed by atoms with Crippen LogP contribution in [0, 0.1) is 0 Å². The Hall–Kier alpha value is -2.76. The van der Waals surface area contributed by atoms with Crippen molar-refractivity contribution in [2.45, 2.75) is 38.7 Å². The summed E-state index contributed by atoms with van der Waals surface area (Å²) in [7, 11) is 0. The summed E-state index contributed by atoms with van der Waals surface area (Å²) in [5, 5.41) is 2.96. The van der Waals surface area contributed by atoms with Crippen LogP contribution in [0.2, 0.25) is 1.41 Å². The summed E-state index contributed by atoms with van der Waals surface area (Å²) in [6.45, 7) is -0.499. The van der Waals surface area contributed by atoms with Gasteiger partial charge >= 0.3 is 0 Å². The number of fused-ring (bicyclic) bond motifs is 1. The number of hydrogen-bond acceptors (Lipinski definition) is 5. The Morgan fingerprint density at radius 2 is 2.28 bits per heavy atom. The Bertz CT molecular complexity index is 1120. The molecule has 3 unspecified atom stereocenters. The Labute approximate surface area is 158 Å². The van der Waals surface area contributed by atoms with E-state index in [2.05, 4.69) is 10.3 Å². The van der Waals surface area contributed by atoms with Crippen LogP contribution >= 0.6 is 0 Å². The Morgan fingerprint density at radius 3 is 3.00 bits per heavy atom. The standard InChI is InChI=1S/C19H22N4O2/c1-12-9-13(2)23-8-7-16(18(23)21-12)19(24)22-15-5-3-14(4-6-15)17-10-25-11-20-17/h3-6,10-13,21H,7-9H2,1-2H3,(H,22,24)/i7D,8D2,9D2,12D,13D/hD. The first-order valence-electron chi connectivity index (χ1n) is 11.7. The third-order valence-electron chi connectivity index (χ3n) is 3.88. The minimum Gasteiger partial charge on any atom is -0.451 e. The summed E-state index contributed by atoms with van der Waals surface area (Å²) in [5.74, 6) is -1.35. The van der Waals surface area contributed by atoms with Gasteiger partial charge < -0.3 is 19.9 Å². The maximum absolute atomic E-state index is 13.2. The fourth-order valence-electron chi connectivity index (χ4n) is 2.69. The van der Waals surface area contributed by atoms with Crippen LogP contribution in [-0.2, 0) is 4.79 Å². The molecule has 2 N–H and O–H groups in total. The predicted molar refractivity (Wildman–Crippen MR) is 95.6 cm³/mol. The van der Waals surface area contributed by atoms with E-state index < -0.39 is 48.6 Å². The number of carbonyl (C=O) groups excluding carboxylic acids is 1. The average molecular weight is 346 g/mol. The number of hydrogen-bond donors (Lipinski definition) is 2.